The Morgan fingerprint density at radius 3 is 2.61 bits per heavy atom. The molecule has 5 rings (SSSR count). The van der Waals surface area contributed by atoms with E-state index in [1.807, 2.05) is 6.92 Å². The van der Waals surface area contributed by atoms with Gasteiger partial charge >= 0.3 is 12.1 Å². The van der Waals surface area contributed by atoms with Gasteiger partial charge in [-0.1, -0.05) is 18.2 Å². The van der Waals surface area contributed by atoms with Gasteiger partial charge < -0.3 is 20.3 Å². The fraction of sp³-hybridized carbons (Fsp3) is 0.462. The van der Waals surface area contributed by atoms with Crippen LogP contribution in [0.25, 0.3) is 0 Å². The monoisotopic (exact) mass is 496 g/mol. The third-order valence-electron chi connectivity index (χ3n) is 7.75. The number of likely N-dealkylation sites (tertiary alicyclic amines) is 1. The van der Waals surface area contributed by atoms with Gasteiger partial charge in [0, 0.05) is 19.0 Å². The van der Waals surface area contributed by atoms with Crippen LogP contribution in [0.1, 0.15) is 44.2 Å². The second-order valence-electron chi connectivity index (χ2n) is 9.88. The summed E-state index contributed by atoms with van der Waals surface area (Å²) in [4.78, 5) is 54.1. The lowest BCUT2D eigenvalue weighted by atomic mass is 9.85. The third kappa shape index (κ3) is 4.04. The molecular weight excluding hydrogens is 467 g/mol. The van der Waals surface area contributed by atoms with Crippen LogP contribution in [-0.2, 0) is 14.3 Å². The molecule has 1 aromatic rings. The Bertz CT molecular complexity index is 1180. The molecule has 4 aliphatic rings. The number of fused-ring (bicyclic) bond motifs is 2. The lowest BCUT2D eigenvalue weighted by molar-refractivity contribution is -0.134. The Morgan fingerprint density at radius 2 is 1.89 bits per heavy atom. The average molecular weight is 497 g/mol. The van der Waals surface area contributed by atoms with Crippen molar-refractivity contribution in [2.75, 3.05) is 20.1 Å². The first-order valence-electron chi connectivity index (χ1n) is 12.2. The lowest BCUT2D eigenvalue weighted by Crippen LogP contribution is -2.44. The molecule has 10 heteroatoms. The minimum absolute atomic E-state index is 0.00829. The summed E-state index contributed by atoms with van der Waals surface area (Å²) in [5.74, 6) is -1.22. The highest BCUT2D eigenvalue weighted by Gasteiger charge is 2.56. The van der Waals surface area contributed by atoms with Crippen LogP contribution in [0.4, 0.5) is 14.0 Å². The number of Topliss-reactive ketones (excluding diaryl/α,β-unsaturated/α-hetero) is 1. The summed E-state index contributed by atoms with van der Waals surface area (Å²) in [6, 6.07) is 5.51. The van der Waals surface area contributed by atoms with Crippen molar-refractivity contribution >= 4 is 23.8 Å². The predicted molar refractivity (Wildman–Crippen MR) is 127 cm³/mol. The molecule has 1 spiro atoms. The van der Waals surface area contributed by atoms with Crippen molar-refractivity contribution < 1.29 is 28.3 Å². The Kier molecular flexibility index (Phi) is 6.05. The first kappa shape index (κ1) is 24.0. The molecule has 4 atom stereocenters. The van der Waals surface area contributed by atoms with E-state index in [0.29, 0.717) is 18.4 Å². The molecule has 190 valence electrons. The van der Waals surface area contributed by atoms with E-state index in [-0.39, 0.29) is 48.4 Å². The predicted octanol–water partition coefficient (Wildman–Crippen LogP) is 2.80. The quantitative estimate of drug-likeness (QED) is 0.667. The van der Waals surface area contributed by atoms with Crippen LogP contribution < -0.4 is 10.6 Å². The number of ketones is 1. The first-order chi connectivity index (χ1) is 17.2. The topological polar surface area (TPSA) is 108 Å². The molecule has 2 N–H and O–H groups in total. The molecule has 4 amide bonds. The average Bonchev–Trinajstić information content (AvgIpc) is 3.51. The van der Waals surface area contributed by atoms with Gasteiger partial charge in [-0.25, -0.2) is 14.0 Å². The summed E-state index contributed by atoms with van der Waals surface area (Å²) in [5, 5.41) is 4.96. The van der Waals surface area contributed by atoms with E-state index in [9.17, 15) is 23.6 Å². The second-order valence-corrected chi connectivity index (χ2v) is 9.88. The van der Waals surface area contributed by atoms with E-state index < -0.39 is 23.6 Å². The number of nitrogens with zero attached hydrogens (tertiary/aromatic N) is 2. The maximum atomic E-state index is 13.4. The van der Waals surface area contributed by atoms with Crippen molar-refractivity contribution in [3.05, 3.63) is 59.1 Å². The number of benzene rings is 1. The molecule has 36 heavy (non-hydrogen) atoms. The van der Waals surface area contributed by atoms with Crippen molar-refractivity contribution in [1.82, 2.24) is 20.4 Å². The highest BCUT2D eigenvalue weighted by atomic mass is 19.1. The molecule has 1 unspecified atom stereocenters. The van der Waals surface area contributed by atoms with Gasteiger partial charge in [-0.2, -0.15) is 0 Å². The summed E-state index contributed by atoms with van der Waals surface area (Å²) >= 11 is 0. The molecule has 3 fully saturated rings. The van der Waals surface area contributed by atoms with E-state index >= 15 is 0 Å². The molecule has 0 bridgehead atoms. The van der Waals surface area contributed by atoms with Crippen LogP contribution in [0.5, 0.6) is 0 Å². The molecule has 2 heterocycles. The van der Waals surface area contributed by atoms with Crippen molar-refractivity contribution in [2.45, 2.75) is 50.3 Å². The first-order valence-corrected chi connectivity index (χ1v) is 12.2. The number of hydrogen-bond acceptors (Lipinski definition) is 5. The van der Waals surface area contributed by atoms with E-state index in [0.717, 1.165) is 18.4 Å². The summed E-state index contributed by atoms with van der Waals surface area (Å²) in [6.45, 7) is 2.03. The smallest absolute Gasteiger partial charge is 0.411 e. The van der Waals surface area contributed by atoms with Gasteiger partial charge in [-0.05, 0) is 62.0 Å². The van der Waals surface area contributed by atoms with Gasteiger partial charge in [0.25, 0.3) is 0 Å². The summed E-state index contributed by atoms with van der Waals surface area (Å²) in [6.07, 6.45) is 5.24. The molecule has 2 aliphatic heterocycles. The van der Waals surface area contributed by atoms with E-state index in [1.54, 1.807) is 23.1 Å². The zero-order valence-electron chi connectivity index (χ0n) is 20.3. The zero-order valence-corrected chi connectivity index (χ0v) is 20.3. The molecule has 9 nitrogen and oxygen atoms in total. The van der Waals surface area contributed by atoms with Crippen molar-refractivity contribution in [1.29, 1.82) is 0 Å². The minimum atomic E-state index is -0.959. The highest BCUT2D eigenvalue weighted by molar-refractivity contribution is 6.03. The number of allylic oxidation sites excluding steroid dienone is 3. The van der Waals surface area contributed by atoms with Crippen LogP contribution in [0.3, 0.4) is 0 Å². The molecule has 1 aromatic carbocycles. The number of hydrogen-bond donors (Lipinski definition) is 2. The Morgan fingerprint density at radius 1 is 1.14 bits per heavy atom. The van der Waals surface area contributed by atoms with Crippen LogP contribution in [-0.4, -0.2) is 65.4 Å². The third-order valence-corrected chi connectivity index (χ3v) is 7.75. The molecule has 0 aromatic heterocycles. The Labute approximate surface area is 208 Å². The maximum Gasteiger partial charge on any atom is 0.411 e. The normalized spacial score (nSPS) is 29.1. The number of carbonyl (C=O) groups excluding carboxylic acids is 4. The van der Waals surface area contributed by atoms with Crippen LogP contribution in [0.2, 0.25) is 0 Å². The van der Waals surface area contributed by atoms with E-state index in [2.05, 4.69) is 10.6 Å². The fourth-order valence-corrected chi connectivity index (χ4v) is 5.96. The molecule has 2 saturated heterocycles. The van der Waals surface area contributed by atoms with Gasteiger partial charge in [0.15, 0.2) is 11.4 Å². The van der Waals surface area contributed by atoms with E-state index in [4.69, 9.17) is 4.74 Å². The number of urea groups is 1. The minimum Gasteiger partial charge on any atom is -0.436 e. The molecule has 0 radical (unpaired) electrons. The van der Waals surface area contributed by atoms with Gasteiger partial charge in [0.2, 0.25) is 5.91 Å². The SMILES string of the molecule is CNC(=O)NC1=CC=C2C(CC[C@]23CN(CC(=O)N2[C@H](C)CC[C@@H]2c2ccc(F)cc2)C(=O)O3)C1=O. The molecular formula is C26H29FN4O5. The van der Waals surface area contributed by atoms with Crippen molar-refractivity contribution in [3.63, 3.8) is 0 Å². The van der Waals surface area contributed by atoms with E-state index in [1.165, 1.54) is 30.2 Å². The standard InChI is InChI=1S/C26H29FN4O5/c1-15-3-10-21(16-4-6-17(27)7-5-16)31(15)22(32)13-30-14-26(36-25(30)35)12-11-18-19(26)8-9-20(23(18)33)29-24(34)28-2/h4-9,15,18,21H,3,10-14H2,1-2H3,(H2,28,29,34)/t15-,18?,21-,26+/m1/s1. The zero-order chi connectivity index (χ0) is 25.6. The Balaban J connectivity index is 1.31. The van der Waals surface area contributed by atoms with Crippen molar-refractivity contribution in [2.24, 2.45) is 5.92 Å². The van der Waals surface area contributed by atoms with Crippen LogP contribution >= 0.6 is 0 Å². The maximum absolute atomic E-state index is 13.4. The summed E-state index contributed by atoms with van der Waals surface area (Å²) < 4.78 is 19.2. The Hall–Kier alpha value is -3.69. The van der Waals surface area contributed by atoms with Crippen LogP contribution in [0.15, 0.2) is 47.7 Å². The molecule has 1 saturated carbocycles. The second kappa shape index (κ2) is 9.07. The number of ether oxygens (including phenoxy) is 1. The van der Waals surface area contributed by atoms with Gasteiger partial charge in [-0.3, -0.25) is 14.5 Å². The van der Waals surface area contributed by atoms with Gasteiger partial charge in [-0.15, -0.1) is 0 Å². The summed E-state index contributed by atoms with van der Waals surface area (Å²) in [7, 11) is 1.47. The highest BCUT2D eigenvalue weighted by Crippen LogP contribution is 2.48. The number of nitrogens with one attached hydrogen (secondary N) is 2. The molecule has 2 aliphatic carbocycles. The van der Waals surface area contributed by atoms with Crippen molar-refractivity contribution in [3.8, 4) is 0 Å². The summed E-state index contributed by atoms with van der Waals surface area (Å²) in [5.41, 5.74) is 0.815. The van der Waals surface area contributed by atoms with Gasteiger partial charge in [0.05, 0.1) is 18.3 Å². The number of rotatable bonds is 4. The van der Waals surface area contributed by atoms with Gasteiger partial charge in [0.1, 0.15) is 12.4 Å². The largest absolute Gasteiger partial charge is 0.436 e. The van der Waals surface area contributed by atoms with Crippen LogP contribution in [0, 0.1) is 11.7 Å². The fourth-order valence-electron chi connectivity index (χ4n) is 5.96. The number of halogens is 1. The number of carbonyl (C=O) groups is 4. The number of amides is 4. The lowest BCUT2D eigenvalue weighted by Gasteiger charge is -2.30.